The molecular weight excluding hydrogens is 248 g/mol. The van der Waals surface area contributed by atoms with Crippen molar-refractivity contribution in [2.24, 2.45) is 0 Å². The van der Waals surface area contributed by atoms with Crippen LogP contribution < -0.4 is 10.2 Å². The Kier molecular flexibility index (Phi) is 4.10. The van der Waals surface area contributed by atoms with Gasteiger partial charge >= 0.3 is 0 Å². The van der Waals surface area contributed by atoms with Gasteiger partial charge in [0.25, 0.3) is 0 Å². The summed E-state index contributed by atoms with van der Waals surface area (Å²) >= 11 is 0. The number of hydrogen-bond donors (Lipinski definition) is 1. The van der Waals surface area contributed by atoms with E-state index in [1.807, 2.05) is 12.4 Å². The third-order valence-electron chi connectivity index (χ3n) is 4.57. The lowest BCUT2D eigenvalue weighted by Crippen LogP contribution is -2.55. The minimum Gasteiger partial charge on any atom is -0.384 e. The molecule has 0 bridgehead atoms. The van der Waals surface area contributed by atoms with Gasteiger partial charge in [-0.05, 0) is 38.8 Å². The Morgan fingerprint density at radius 1 is 1.35 bits per heavy atom. The zero-order valence-electron chi connectivity index (χ0n) is 12.7. The van der Waals surface area contributed by atoms with Gasteiger partial charge < -0.3 is 10.2 Å². The third kappa shape index (κ3) is 2.75. The van der Waals surface area contributed by atoms with Crippen molar-refractivity contribution >= 4 is 11.4 Å². The average molecular weight is 274 g/mol. The van der Waals surface area contributed by atoms with Gasteiger partial charge in [0, 0.05) is 31.7 Å². The Morgan fingerprint density at radius 2 is 2.25 bits per heavy atom. The summed E-state index contributed by atoms with van der Waals surface area (Å²) in [5.41, 5.74) is 2.41. The monoisotopic (exact) mass is 274 g/mol. The second kappa shape index (κ2) is 6.00. The van der Waals surface area contributed by atoms with Gasteiger partial charge in [-0.15, -0.1) is 0 Å². The van der Waals surface area contributed by atoms with E-state index in [2.05, 4.69) is 40.0 Å². The molecule has 20 heavy (non-hydrogen) atoms. The number of fused-ring (bicyclic) bond motifs is 1. The van der Waals surface area contributed by atoms with Crippen molar-refractivity contribution in [2.75, 3.05) is 36.4 Å². The van der Waals surface area contributed by atoms with Crippen LogP contribution in [0.1, 0.15) is 33.1 Å². The molecule has 3 rings (SSSR count). The lowest BCUT2D eigenvalue weighted by Gasteiger charge is -2.43. The number of anilines is 2. The predicted molar refractivity (Wildman–Crippen MR) is 84.4 cm³/mol. The molecule has 1 aromatic heterocycles. The van der Waals surface area contributed by atoms with Crippen LogP contribution in [-0.2, 0) is 0 Å². The van der Waals surface area contributed by atoms with Gasteiger partial charge in [0.1, 0.15) is 0 Å². The van der Waals surface area contributed by atoms with Crippen LogP contribution in [-0.4, -0.2) is 48.1 Å². The highest BCUT2D eigenvalue weighted by Crippen LogP contribution is 2.29. The van der Waals surface area contributed by atoms with Gasteiger partial charge in [-0.25, -0.2) is 0 Å². The molecule has 0 saturated carbocycles. The van der Waals surface area contributed by atoms with Crippen LogP contribution in [0.25, 0.3) is 0 Å². The summed E-state index contributed by atoms with van der Waals surface area (Å²) < 4.78 is 0. The molecule has 0 spiro atoms. The molecule has 110 valence electrons. The fraction of sp³-hybridized carbons (Fsp3) is 0.688. The largest absolute Gasteiger partial charge is 0.384 e. The van der Waals surface area contributed by atoms with E-state index in [-0.39, 0.29) is 0 Å². The van der Waals surface area contributed by atoms with Crippen molar-refractivity contribution in [1.29, 1.82) is 0 Å². The fourth-order valence-corrected chi connectivity index (χ4v) is 3.50. The highest BCUT2D eigenvalue weighted by molar-refractivity contribution is 5.56. The lowest BCUT2D eigenvalue weighted by molar-refractivity contribution is 0.203. The van der Waals surface area contributed by atoms with E-state index >= 15 is 0 Å². The van der Waals surface area contributed by atoms with Crippen molar-refractivity contribution in [3.05, 3.63) is 18.5 Å². The lowest BCUT2D eigenvalue weighted by atomic mass is 10.1. The fourth-order valence-electron chi connectivity index (χ4n) is 3.50. The summed E-state index contributed by atoms with van der Waals surface area (Å²) in [6.45, 7) is 9.17. The van der Waals surface area contributed by atoms with E-state index in [0.29, 0.717) is 6.04 Å². The van der Waals surface area contributed by atoms with Crippen LogP contribution in [0.5, 0.6) is 0 Å². The molecule has 2 aliphatic rings. The number of piperazine rings is 1. The molecule has 2 fully saturated rings. The number of hydrogen-bond acceptors (Lipinski definition) is 4. The zero-order valence-corrected chi connectivity index (χ0v) is 12.7. The SMILES string of the molecule is CCCNc1cncc(N2CC3CCCN3CC2C)c1. The molecule has 4 nitrogen and oxygen atoms in total. The molecule has 1 N–H and O–H groups in total. The first-order chi connectivity index (χ1) is 9.78. The van der Waals surface area contributed by atoms with Gasteiger partial charge in [-0.3, -0.25) is 9.88 Å². The van der Waals surface area contributed by atoms with E-state index in [9.17, 15) is 0 Å². The topological polar surface area (TPSA) is 31.4 Å². The molecule has 2 aliphatic heterocycles. The van der Waals surface area contributed by atoms with Crippen molar-refractivity contribution in [2.45, 2.75) is 45.2 Å². The van der Waals surface area contributed by atoms with Gasteiger partial charge in [-0.1, -0.05) is 6.92 Å². The smallest absolute Gasteiger partial charge is 0.0576 e. The standard InChI is InChI=1S/C16H26N4/c1-3-6-18-14-8-16(10-17-9-14)20-12-15-5-4-7-19(15)11-13(20)2/h8-10,13,15,18H,3-7,11-12H2,1-2H3. The maximum absolute atomic E-state index is 4.41. The van der Waals surface area contributed by atoms with Crippen LogP contribution in [0.3, 0.4) is 0 Å². The van der Waals surface area contributed by atoms with Gasteiger partial charge in [0.05, 0.1) is 23.8 Å². The molecule has 0 aromatic carbocycles. The van der Waals surface area contributed by atoms with Crippen LogP contribution in [0.2, 0.25) is 0 Å². The molecule has 4 heteroatoms. The summed E-state index contributed by atoms with van der Waals surface area (Å²) in [6.07, 6.45) is 7.79. The normalized spacial score (nSPS) is 26.6. The first-order valence-electron chi connectivity index (χ1n) is 7.97. The third-order valence-corrected chi connectivity index (χ3v) is 4.57. The number of pyridine rings is 1. The van der Waals surface area contributed by atoms with Gasteiger partial charge in [-0.2, -0.15) is 0 Å². The number of aromatic nitrogens is 1. The zero-order chi connectivity index (χ0) is 13.9. The van der Waals surface area contributed by atoms with Crippen molar-refractivity contribution in [3.8, 4) is 0 Å². The molecule has 0 radical (unpaired) electrons. The summed E-state index contributed by atoms with van der Waals surface area (Å²) in [6, 6.07) is 3.58. The Balaban J connectivity index is 1.74. The first-order valence-corrected chi connectivity index (χ1v) is 7.97. The molecule has 0 amide bonds. The van der Waals surface area contributed by atoms with Crippen molar-refractivity contribution < 1.29 is 0 Å². The van der Waals surface area contributed by atoms with E-state index in [1.54, 1.807) is 0 Å². The molecule has 2 saturated heterocycles. The number of nitrogens with one attached hydrogen (secondary N) is 1. The number of nitrogens with zero attached hydrogens (tertiary/aromatic N) is 3. The summed E-state index contributed by atoms with van der Waals surface area (Å²) in [4.78, 5) is 9.61. The Hall–Kier alpha value is -1.29. The molecule has 1 aromatic rings. The van der Waals surface area contributed by atoms with Crippen molar-refractivity contribution in [3.63, 3.8) is 0 Å². The highest BCUT2D eigenvalue weighted by atomic mass is 15.3. The molecule has 3 heterocycles. The van der Waals surface area contributed by atoms with E-state index in [1.165, 1.54) is 31.6 Å². The molecule has 0 aliphatic carbocycles. The van der Waals surface area contributed by atoms with Gasteiger partial charge in [0.2, 0.25) is 0 Å². The van der Waals surface area contributed by atoms with Crippen molar-refractivity contribution in [1.82, 2.24) is 9.88 Å². The summed E-state index contributed by atoms with van der Waals surface area (Å²) in [5.74, 6) is 0. The van der Waals surface area contributed by atoms with E-state index < -0.39 is 0 Å². The second-order valence-corrected chi connectivity index (χ2v) is 6.15. The van der Waals surface area contributed by atoms with Crippen LogP contribution in [0.4, 0.5) is 11.4 Å². The maximum Gasteiger partial charge on any atom is 0.0576 e. The predicted octanol–water partition coefficient (Wildman–Crippen LogP) is 2.58. The maximum atomic E-state index is 4.41. The summed E-state index contributed by atoms with van der Waals surface area (Å²) in [7, 11) is 0. The Labute approximate surface area is 122 Å². The Morgan fingerprint density at radius 3 is 3.10 bits per heavy atom. The van der Waals surface area contributed by atoms with E-state index in [0.717, 1.165) is 31.2 Å². The first kappa shape index (κ1) is 13.7. The van der Waals surface area contributed by atoms with Crippen LogP contribution in [0.15, 0.2) is 18.5 Å². The minimum atomic E-state index is 0.576. The Bertz CT molecular complexity index is 448. The van der Waals surface area contributed by atoms with Crippen LogP contribution in [0, 0.1) is 0 Å². The van der Waals surface area contributed by atoms with E-state index in [4.69, 9.17) is 0 Å². The number of rotatable bonds is 4. The molecule has 2 unspecified atom stereocenters. The highest BCUT2D eigenvalue weighted by Gasteiger charge is 2.34. The average Bonchev–Trinajstić information content (AvgIpc) is 2.91. The molecule has 2 atom stereocenters. The quantitative estimate of drug-likeness (QED) is 0.914. The summed E-state index contributed by atoms with van der Waals surface area (Å²) in [5, 5.41) is 3.44. The van der Waals surface area contributed by atoms with Crippen LogP contribution >= 0.6 is 0 Å². The minimum absolute atomic E-state index is 0.576. The second-order valence-electron chi connectivity index (χ2n) is 6.15. The van der Waals surface area contributed by atoms with Gasteiger partial charge in [0.15, 0.2) is 0 Å². The molecular formula is C16H26N4.